The Labute approximate surface area is 133 Å². The van der Waals surface area contributed by atoms with Gasteiger partial charge in [0.1, 0.15) is 0 Å². The number of hydrogen-bond donors (Lipinski definition) is 1. The van der Waals surface area contributed by atoms with Gasteiger partial charge in [-0.3, -0.25) is 0 Å². The molecule has 0 amide bonds. The summed E-state index contributed by atoms with van der Waals surface area (Å²) in [5, 5.41) is 8.24. The predicted octanol–water partition coefficient (Wildman–Crippen LogP) is 2.85. The van der Waals surface area contributed by atoms with E-state index in [1.165, 1.54) is 19.3 Å². The maximum Gasteiger partial charge on any atom is 0.245 e. The lowest BCUT2D eigenvalue weighted by molar-refractivity contribution is 0.397. The van der Waals surface area contributed by atoms with Crippen molar-refractivity contribution in [2.24, 2.45) is 0 Å². The van der Waals surface area contributed by atoms with E-state index in [0.29, 0.717) is 6.04 Å². The number of halogens is 1. The van der Waals surface area contributed by atoms with Gasteiger partial charge in [0.05, 0.1) is 4.47 Å². The molecule has 5 nitrogen and oxygen atoms in total. The highest BCUT2D eigenvalue weighted by atomic mass is 79.9. The molecule has 2 aromatic rings. The first-order chi connectivity index (χ1) is 10.3. The molecule has 3 heterocycles. The van der Waals surface area contributed by atoms with Gasteiger partial charge >= 0.3 is 0 Å². The zero-order valence-electron chi connectivity index (χ0n) is 12.4. The number of rotatable bonds is 5. The number of piperidine rings is 1. The monoisotopic (exact) mass is 351 g/mol. The van der Waals surface area contributed by atoms with E-state index in [1.807, 2.05) is 22.8 Å². The lowest BCUT2D eigenvalue weighted by atomic mass is 10.0. The van der Waals surface area contributed by atoms with Crippen LogP contribution >= 0.6 is 15.9 Å². The Bertz CT molecular complexity index is 591. The first kappa shape index (κ1) is 14.8. The summed E-state index contributed by atoms with van der Waals surface area (Å²) in [5.41, 5.74) is 0.880. The highest BCUT2D eigenvalue weighted by Crippen LogP contribution is 2.20. The molecule has 0 saturated carbocycles. The number of anilines is 1. The first-order valence-corrected chi connectivity index (χ1v) is 8.56. The molecule has 1 aliphatic heterocycles. The van der Waals surface area contributed by atoms with Crippen molar-refractivity contribution in [1.29, 1.82) is 0 Å². The van der Waals surface area contributed by atoms with Crippen LogP contribution in [0.2, 0.25) is 0 Å². The zero-order chi connectivity index (χ0) is 14.7. The molecule has 1 N–H and O–H groups in total. The largest absolute Gasteiger partial charge is 0.338 e. The maximum absolute atomic E-state index is 4.70. The van der Waals surface area contributed by atoms with Crippen molar-refractivity contribution >= 4 is 27.5 Å². The molecule has 1 aliphatic rings. The van der Waals surface area contributed by atoms with E-state index in [4.69, 9.17) is 4.98 Å². The van der Waals surface area contributed by atoms with Crippen molar-refractivity contribution in [1.82, 2.24) is 19.9 Å². The standard InChI is InChI=1S/C15H22BrN5/c1-2-9-20(11-12-6-3-4-8-17-12)15-18-14-13(16)7-5-10-21(14)19-15/h5,7,10,12,17H,2-4,6,8-9,11H2,1H3. The zero-order valence-corrected chi connectivity index (χ0v) is 14.0. The number of hydrogen-bond acceptors (Lipinski definition) is 4. The Morgan fingerprint density at radius 3 is 3.10 bits per heavy atom. The quantitative estimate of drug-likeness (QED) is 0.899. The van der Waals surface area contributed by atoms with Gasteiger partial charge in [0.2, 0.25) is 5.95 Å². The summed E-state index contributed by atoms with van der Waals surface area (Å²) in [6.07, 6.45) is 6.91. The SMILES string of the molecule is CCCN(CC1CCCCN1)c1nc2c(Br)cccn2n1. The minimum Gasteiger partial charge on any atom is -0.338 e. The average Bonchev–Trinajstić information content (AvgIpc) is 2.93. The van der Waals surface area contributed by atoms with E-state index in [2.05, 4.69) is 38.2 Å². The van der Waals surface area contributed by atoms with Crippen molar-refractivity contribution in [2.75, 3.05) is 24.5 Å². The molecule has 6 heteroatoms. The first-order valence-electron chi connectivity index (χ1n) is 7.77. The Hall–Kier alpha value is -1.14. The molecule has 2 aromatic heterocycles. The third-order valence-electron chi connectivity index (χ3n) is 3.93. The molecular formula is C15H22BrN5. The van der Waals surface area contributed by atoms with Crippen molar-refractivity contribution in [3.63, 3.8) is 0 Å². The summed E-state index contributed by atoms with van der Waals surface area (Å²) in [7, 11) is 0. The summed E-state index contributed by atoms with van der Waals surface area (Å²) >= 11 is 3.54. The van der Waals surface area contributed by atoms with Crippen LogP contribution in [0.1, 0.15) is 32.6 Å². The van der Waals surface area contributed by atoms with Crippen molar-refractivity contribution in [3.05, 3.63) is 22.8 Å². The Morgan fingerprint density at radius 2 is 2.38 bits per heavy atom. The van der Waals surface area contributed by atoms with Gasteiger partial charge in [0.25, 0.3) is 0 Å². The van der Waals surface area contributed by atoms with E-state index >= 15 is 0 Å². The Kier molecular flexibility index (Phi) is 4.75. The van der Waals surface area contributed by atoms with Crippen molar-refractivity contribution in [2.45, 2.75) is 38.6 Å². The second-order valence-electron chi connectivity index (χ2n) is 5.63. The maximum atomic E-state index is 4.70. The smallest absolute Gasteiger partial charge is 0.245 e. The molecule has 21 heavy (non-hydrogen) atoms. The van der Waals surface area contributed by atoms with Crippen molar-refractivity contribution < 1.29 is 0 Å². The molecule has 0 bridgehead atoms. The van der Waals surface area contributed by atoms with Crippen LogP contribution < -0.4 is 10.2 Å². The van der Waals surface area contributed by atoms with Crippen LogP contribution in [-0.4, -0.2) is 40.3 Å². The van der Waals surface area contributed by atoms with Crippen LogP contribution in [0.15, 0.2) is 22.8 Å². The van der Waals surface area contributed by atoms with Gasteiger partial charge in [-0.25, -0.2) is 4.52 Å². The number of aromatic nitrogens is 3. The predicted molar refractivity (Wildman–Crippen MR) is 88.8 cm³/mol. The summed E-state index contributed by atoms with van der Waals surface area (Å²) in [5.74, 6) is 0.830. The Morgan fingerprint density at radius 1 is 1.48 bits per heavy atom. The van der Waals surface area contributed by atoms with Crippen LogP contribution in [0.25, 0.3) is 5.65 Å². The number of fused-ring (bicyclic) bond motifs is 1. The topological polar surface area (TPSA) is 45.5 Å². The summed E-state index contributed by atoms with van der Waals surface area (Å²) in [6.45, 7) is 5.32. The van der Waals surface area contributed by atoms with E-state index in [0.717, 1.165) is 42.1 Å². The van der Waals surface area contributed by atoms with Gasteiger partial charge in [-0.1, -0.05) is 13.3 Å². The van der Waals surface area contributed by atoms with Crippen LogP contribution in [0.4, 0.5) is 5.95 Å². The van der Waals surface area contributed by atoms with Gasteiger partial charge in [-0.05, 0) is 53.9 Å². The molecule has 114 valence electrons. The summed E-state index contributed by atoms with van der Waals surface area (Å²) in [4.78, 5) is 7.01. The highest BCUT2D eigenvalue weighted by Gasteiger charge is 2.19. The number of pyridine rings is 1. The average molecular weight is 352 g/mol. The number of nitrogens with one attached hydrogen (secondary N) is 1. The van der Waals surface area contributed by atoms with Crippen LogP contribution in [0, 0.1) is 0 Å². The van der Waals surface area contributed by atoms with Gasteiger partial charge < -0.3 is 10.2 Å². The lowest BCUT2D eigenvalue weighted by Gasteiger charge is -2.29. The second-order valence-corrected chi connectivity index (χ2v) is 6.48. The second kappa shape index (κ2) is 6.75. The van der Waals surface area contributed by atoms with Crippen LogP contribution in [-0.2, 0) is 0 Å². The van der Waals surface area contributed by atoms with Crippen LogP contribution in [0.5, 0.6) is 0 Å². The lowest BCUT2D eigenvalue weighted by Crippen LogP contribution is -2.44. The van der Waals surface area contributed by atoms with Gasteiger partial charge in [0, 0.05) is 25.3 Å². The fraction of sp³-hybridized carbons (Fsp3) is 0.600. The molecule has 3 rings (SSSR count). The normalized spacial score (nSPS) is 19.0. The third kappa shape index (κ3) is 3.37. The van der Waals surface area contributed by atoms with E-state index in [9.17, 15) is 0 Å². The van der Waals surface area contributed by atoms with Crippen molar-refractivity contribution in [3.8, 4) is 0 Å². The summed E-state index contributed by atoms with van der Waals surface area (Å²) in [6, 6.07) is 4.53. The molecule has 0 spiro atoms. The summed E-state index contributed by atoms with van der Waals surface area (Å²) < 4.78 is 2.83. The number of nitrogens with zero attached hydrogens (tertiary/aromatic N) is 4. The molecular weight excluding hydrogens is 330 g/mol. The van der Waals surface area contributed by atoms with Gasteiger partial charge in [0.15, 0.2) is 5.65 Å². The molecule has 1 saturated heterocycles. The molecule has 0 aromatic carbocycles. The fourth-order valence-corrected chi connectivity index (χ4v) is 3.31. The molecule has 0 aliphatic carbocycles. The molecule has 1 atom stereocenters. The highest BCUT2D eigenvalue weighted by molar-refractivity contribution is 9.10. The Balaban J connectivity index is 1.82. The van der Waals surface area contributed by atoms with E-state index < -0.39 is 0 Å². The molecule has 1 unspecified atom stereocenters. The van der Waals surface area contributed by atoms with Gasteiger partial charge in [-0.2, -0.15) is 4.98 Å². The van der Waals surface area contributed by atoms with E-state index in [1.54, 1.807) is 0 Å². The molecule has 1 fully saturated rings. The van der Waals surface area contributed by atoms with Crippen LogP contribution in [0.3, 0.4) is 0 Å². The molecule has 0 radical (unpaired) electrons. The minimum absolute atomic E-state index is 0.556. The third-order valence-corrected chi connectivity index (χ3v) is 4.55. The minimum atomic E-state index is 0.556. The fourth-order valence-electron chi connectivity index (χ4n) is 2.89. The van der Waals surface area contributed by atoms with E-state index in [-0.39, 0.29) is 0 Å². The van der Waals surface area contributed by atoms with Gasteiger partial charge in [-0.15, -0.1) is 5.10 Å².